The van der Waals surface area contributed by atoms with Crippen LogP contribution >= 0.6 is 23.1 Å². The number of thioether (sulfide) groups is 1. The molecule has 0 fully saturated rings. The third kappa shape index (κ3) is 4.89. The number of hydrogen-bond donors (Lipinski definition) is 0. The largest absolute Gasteiger partial charge is 0.465 e. The van der Waals surface area contributed by atoms with Crippen LogP contribution < -0.4 is 5.56 Å². The van der Waals surface area contributed by atoms with Crippen LogP contribution in [0.2, 0.25) is 0 Å². The molecule has 4 rings (SSSR count). The highest BCUT2D eigenvalue weighted by Gasteiger charge is 2.18. The van der Waals surface area contributed by atoms with E-state index < -0.39 is 0 Å². The van der Waals surface area contributed by atoms with Gasteiger partial charge in [-0.3, -0.25) is 9.36 Å². The average molecular weight is 479 g/mol. The summed E-state index contributed by atoms with van der Waals surface area (Å²) in [6.45, 7) is 6.66. The minimum atomic E-state index is -0.354. The molecule has 0 radical (unpaired) electrons. The highest BCUT2D eigenvalue weighted by Crippen LogP contribution is 2.30. The van der Waals surface area contributed by atoms with Gasteiger partial charge in [0.15, 0.2) is 5.16 Å². The van der Waals surface area contributed by atoms with Crippen molar-refractivity contribution in [1.29, 1.82) is 0 Å². The topological polar surface area (TPSA) is 61.2 Å². The number of aromatic nitrogens is 2. The van der Waals surface area contributed by atoms with Crippen molar-refractivity contribution < 1.29 is 9.53 Å². The molecule has 7 heteroatoms. The second-order valence-electron chi connectivity index (χ2n) is 7.93. The van der Waals surface area contributed by atoms with E-state index >= 15 is 0 Å². The van der Waals surface area contributed by atoms with Gasteiger partial charge in [-0.15, -0.1) is 11.3 Å². The van der Waals surface area contributed by atoms with Crippen molar-refractivity contribution in [2.24, 2.45) is 0 Å². The number of thiophene rings is 1. The van der Waals surface area contributed by atoms with Crippen LogP contribution in [0.3, 0.4) is 0 Å². The summed E-state index contributed by atoms with van der Waals surface area (Å²) in [7, 11) is 1.37. The maximum atomic E-state index is 13.6. The van der Waals surface area contributed by atoms with Crippen LogP contribution in [0.1, 0.15) is 44.4 Å². The third-order valence-corrected chi connectivity index (χ3v) is 8.02. The maximum absolute atomic E-state index is 13.6. The summed E-state index contributed by atoms with van der Waals surface area (Å²) in [6, 6.07) is 15.6. The Morgan fingerprint density at radius 3 is 2.36 bits per heavy atom. The number of hydrogen-bond acceptors (Lipinski definition) is 6. The lowest BCUT2D eigenvalue weighted by molar-refractivity contribution is 0.0600. The monoisotopic (exact) mass is 478 g/mol. The van der Waals surface area contributed by atoms with E-state index in [2.05, 4.69) is 38.1 Å². The van der Waals surface area contributed by atoms with Gasteiger partial charge in [-0.2, -0.15) is 0 Å². The first-order valence-electron chi connectivity index (χ1n) is 10.8. The van der Waals surface area contributed by atoms with Crippen molar-refractivity contribution in [2.75, 3.05) is 7.11 Å². The SMILES string of the molecule is CCc1sc2nc(SCc3ccc(C(=O)OC)cc3)n(Cc3ccc(C)cc3)c(=O)c2c1C. The molecule has 0 amide bonds. The molecular formula is C26H26N2O3S2. The van der Waals surface area contributed by atoms with Gasteiger partial charge >= 0.3 is 5.97 Å². The van der Waals surface area contributed by atoms with E-state index in [1.54, 1.807) is 28.0 Å². The van der Waals surface area contributed by atoms with Crippen molar-refractivity contribution in [1.82, 2.24) is 9.55 Å². The van der Waals surface area contributed by atoms with Gasteiger partial charge in [-0.25, -0.2) is 9.78 Å². The Morgan fingerprint density at radius 2 is 1.73 bits per heavy atom. The standard InChI is InChI=1S/C26H26N2O3S2/c1-5-21-17(3)22-23(33-21)27-26(28(24(22)29)14-18-8-6-16(2)7-9-18)32-15-19-10-12-20(13-11-19)25(30)31-4/h6-13H,5,14-15H2,1-4H3. The number of carbonyl (C=O) groups excluding carboxylic acids is 1. The number of fused-ring (bicyclic) bond motifs is 1. The summed E-state index contributed by atoms with van der Waals surface area (Å²) in [5, 5.41) is 1.43. The Balaban J connectivity index is 1.71. The van der Waals surface area contributed by atoms with Gasteiger partial charge in [0.1, 0.15) is 4.83 Å². The van der Waals surface area contributed by atoms with Gasteiger partial charge in [-0.05, 0) is 49.1 Å². The average Bonchev–Trinajstić information content (AvgIpc) is 3.16. The molecule has 0 atom stereocenters. The quantitative estimate of drug-likeness (QED) is 0.192. The normalized spacial score (nSPS) is 11.2. The van der Waals surface area contributed by atoms with E-state index in [1.807, 2.05) is 19.1 Å². The van der Waals surface area contributed by atoms with Crippen LogP contribution in [-0.4, -0.2) is 22.6 Å². The molecule has 170 valence electrons. The molecule has 0 bridgehead atoms. The zero-order valence-electron chi connectivity index (χ0n) is 19.2. The Hall–Kier alpha value is -2.90. The van der Waals surface area contributed by atoms with Gasteiger partial charge in [0.25, 0.3) is 5.56 Å². The van der Waals surface area contributed by atoms with E-state index in [0.717, 1.165) is 33.3 Å². The summed E-state index contributed by atoms with van der Waals surface area (Å²) in [5.41, 5.74) is 4.87. The van der Waals surface area contributed by atoms with E-state index in [1.165, 1.54) is 29.3 Å². The number of ether oxygens (including phenoxy) is 1. The Morgan fingerprint density at radius 1 is 1.06 bits per heavy atom. The van der Waals surface area contributed by atoms with Crippen LogP contribution in [0.15, 0.2) is 58.5 Å². The molecule has 33 heavy (non-hydrogen) atoms. The fraction of sp³-hybridized carbons (Fsp3) is 0.269. The molecule has 4 aromatic rings. The van der Waals surface area contributed by atoms with Gasteiger partial charge in [-0.1, -0.05) is 60.6 Å². The lowest BCUT2D eigenvalue weighted by Gasteiger charge is -2.13. The number of esters is 1. The predicted molar refractivity (Wildman–Crippen MR) is 136 cm³/mol. The minimum absolute atomic E-state index is 0.0116. The van der Waals surface area contributed by atoms with Gasteiger partial charge in [0.2, 0.25) is 0 Å². The van der Waals surface area contributed by atoms with Gasteiger partial charge in [0.05, 0.1) is 24.6 Å². The zero-order valence-corrected chi connectivity index (χ0v) is 20.8. The van der Waals surface area contributed by atoms with Gasteiger partial charge in [0, 0.05) is 10.6 Å². The van der Waals surface area contributed by atoms with E-state index in [0.29, 0.717) is 23.0 Å². The fourth-order valence-electron chi connectivity index (χ4n) is 3.71. The van der Waals surface area contributed by atoms with Crippen molar-refractivity contribution in [2.45, 2.75) is 44.6 Å². The second-order valence-corrected chi connectivity index (χ2v) is 9.96. The fourth-order valence-corrected chi connectivity index (χ4v) is 5.82. The van der Waals surface area contributed by atoms with E-state index in [4.69, 9.17) is 9.72 Å². The highest BCUT2D eigenvalue weighted by molar-refractivity contribution is 7.98. The third-order valence-electron chi connectivity index (χ3n) is 5.64. The molecule has 0 unspecified atom stereocenters. The lowest BCUT2D eigenvalue weighted by atomic mass is 10.1. The van der Waals surface area contributed by atoms with Crippen LogP contribution in [-0.2, 0) is 23.5 Å². The summed E-state index contributed by atoms with van der Waals surface area (Å²) in [6.07, 6.45) is 0.888. The molecule has 5 nitrogen and oxygen atoms in total. The molecule has 0 N–H and O–H groups in total. The molecular weight excluding hydrogens is 452 g/mol. The number of rotatable bonds is 7. The van der Waals surface area contributed by atoms with Gasteiger partial charge < -0.3 is 4.74 Å². The lowest BCUT2D eigenvalue weighted by Crippen LogP contribution is -2.24. The molecule has 0 saturated carbocycles. The molecule has 2 aromatic heterocycles. The molecule has 0 aliphatic carbocycles. The predicted octanol–water partition coefficient (Wildman–Crippen LogP) is 5.76. The number of aryl methyl sites for hydroxylation is 3. The Kier molecular flexibility index (Phi) is 7.00. The molecule has 0 aliphatic rings. The molecule has 0 spiro atoms. The number of benzene rings is 2. The number of nitrogens with zero attached hydrogens (tertiary/aromatic N) is 2. The van der Waals surface area contributed by atoms with E-state index in [-0.39, 0.29) is 11.5 Å². The minimum Gasteiger partial charge on any atom is -0.465 e. The van der Waals surface area contributed by atoms with E-state index in [9.17, 15) is 9.59 Å². The van der Waals surface area contributed by atoms with Crippen molar-refractivity contribution in [3.8, 4) is 0 Å². The Bertz CT molecular complexity index is 1350. The summed E-state index contributed by atoms with van der Waals surface area (Å²) >= 11 is 3.15. The molecule has 2 heterocycles. The number of methoxy groups -OCH3 is 1. The van der Waals surface area contributed by atoms with Crippen LogP contribution in [0.4, 0.5) is 0 Å². The zero-order chi connectivity index (χ0) is 23.5. The molecule has 2 aromatic carbocycles. The summed E-state index contributed by atoms with van der Waals surface area (Å²) in [5.74, 6) is 0.284. The van der Waals surface area contributed by atoms with Crippen molar-refractivity contribution >= 4 is 39.3 Å². The highest BCUT2D eigenvalue weighted by atomic mass is 32.2. The van der Waals surface area contributed by atoms with Crippen molar-refractivity contribution in [3.05, 3.63) is 91.6 Å². The molecule has 0 aliphatic heterocycles. The first-order chi connectivity index (χ1) is 15.9. The summed E-state index contributed by atoms with van der Waals surface area (Å²) in [4.78, 5) is 32.2. The maximum Gasteiger partial charge on any atom is 0.337 e. The summed E-state index contributed by atoms with van der Waals surface area (Å²) < 4.78 is 6.56. The van der Waals surface area contributed by atoms with Crippen LogP contribution in [0, 0.1) is 13.8 Å². The Labute approximate surface area is 201 Å². The van der Waals surface area contributed by atoms with Crippen LogP contribution in [0.25, 0.3) is 10.2 Å². The first kappa shape index (κ1) is 23.3. The van der Waals surface area contributed by atoms with Crippen molar-refractivity contribution in [3.63, 3.8) is 0 Å². The second kappa shape index (κ2) is 9.93. The smallest absolute Gasteiger partial charge is 0.337 e. The van der Waals surface area contributed by atoms with Crippen LogP contribution in [0.5, 0.6) is 0 Å². The first-order valence-corrected chi connectivity index (χ1v) is 12.6. The molecule has 0 saturated heterocycles. The number of carbonyl (C=O) groups is 1.